The Morgan fingerprint density at radius 3 is 2.30 bits per heavy atom. The Kier molecular flexibility index (Phi) is 4.07. The zero-order valence-electron chi connectivity index (χ0n) is 5.45. The molecule has 4 heteroatoms. The second kappa shape index (κ2) is 4.30. The fourth-order valence-corrected chi connectivity index (χ4v) is 0.424. The van der Waals surface area contributed by atoms with Crippen LogP contribution >= 0.6 is 0 Å². The van der Waals surface area contributed by atoms with Crippen LogP contribution < -0.4 is 0 Å². The summed E-state index contributed by atoms with van der Waals surface area (Å²) in [6, 6.07) is 0. The molecule has 0 rings (SSSR count). The van der Waals surface area contributed by atoms with Crippen LogP contribution in [0.25, 0.3) is 0 Å². The molecule has 0 aromatic rings. The average Bonchev–Trinajstić information content (AvgIpc) is 2.00. The molecule has 2 unspecified atom stereocenters. The summed E-state index contributed by atoms with van der Waals surface area (Å²) in [5, 5.41) is 0. The van der Waals surface area contributed by atoms with Gasteiger partial charge in [-0.3, -0.25) is 0 Å². The molecule has 60 valence electrons. The first-order valence-electron chi connectivity index (χ1n) is 2.74. The first-order valence-corrected chi connectivity index (χ1v) is 2.74. The highest BCUT2D eigenvalue weighted by atomic mass is 19.2. The number of allylic oxidation sites excluding steroid dienone is 1. The molecular weight excluding hydrogens is 148 g/mol. The summed E-state index contributed by atoms with van der Waals surface area (Å²) in [5.74, 6) is 0. The fraction of sp³-hybridized carbons (Fsp3) is 0.667. The standard InChI is InChI=1S/C6H8F4/c1-4(2-7)6(10)5(9)3-8/h2,5-6H,3H2,1H3. The molecule has 0 aliphatic rings. The molecule has 0 aliphatic carbocycles. The van der Waals surface area contributed by atoms with Crippen LogP contribution in [0.5, 0.6) is 0 Å². The molecule has 0 radical (unpaired) electrons. The molecule has 0 bridgehead atoms. The van der Waals surface area contributed by atoms with E-state index in [9.17, 15) is 17.6 Å². The number of halogens is 4. The summed E-state index contributed by atoms with van der Waals surface area (Å²) in [6.07, 6.45) is -4.46. The van der Waals surface area contributed by atoms with Gasteiger partial charge in [0.05, 0.1) is 6.33 Å². The molecule has 10 heavy (non-hydrogen) atoms. The Labute approximate surface area is 56.5 Å². The van der Waals surface area contributed by atoms with Gasteiger partial charge in [-0.05, 0) is 12.5 Å². The van der Waals surface area contributed by atoms with Crippen LogP contribution in [0.1, 0.15) is 6.92 Å². The Balaban J connectivity index is 3.94. The van der Waals surface area contributed by atoms with Gasteiger partial charge >= 0.3 is 0 Å². The second-order valence-corrected chi connectivity index (χ2v) is 1.93. The molecule has 0 heterocycles. The SMILES string of the molecule is CC(=CF)C(F)C(F)CF. The average molecular weight is 156 g/mol. The van der Waals surface area contributed by atoms with E-state index >= 15 is 0 Å². The fourth-order valence-electron chi connectivity index (χ4n) is 0.424. The van der Waals surface area contributed by atoms with Crippen LogP contribution in [0.3, 0.4) is 0 Å². The van der Waals surface area contributed by atoms with E-state index in [4.69, 9.17) is 0 Å². The number of hydrogen-bond donors (Lipinski definition) is 0. The Hall–Kier alpha value is -0.540. The van der Waals surface area contributed by atoms with Gasteiger partial charge < -0.3 is 0 Å². The lowest BCUT2D eigenvalue weighted by molar-refractivity contribution is 0.160. The molecular formula is C6H8F4. The highest BCUT2D eigenvalue weighted by Crippen LogP contribution is 2.13. The van der Waals surface area contributed by atoms with Crippen molar-refractivity contribution in [3.63, 3.8) is 0 Å². The minimum atomic E-state index is -2.24. The van der Waals surface area contributed by atoms with Crippen LogP contribution in [0.4, 0.5) is 17.6 Å². The first-order chi connectivity index (χ1) is 4.63. The topological polar surface area (TPSA) is 0 Å². The Morgan fingerprint density at radius 1 is 1.50 bits per heavy atom. The molecule has 0 N–H and O–H groups in total. The minimum absolute atomic E-state index is 0.0626. The van der Waals surface area contributed by atoms with Gasteiger partial charge in [-0.15, -0.1) is 0 Å². The van der Waals surface area contributed by atoms with Crippen molar-refractivity contribution in [2.45, 2.75) is 19.3 Å². The molecule has 0 saturated heterocycles. The van der Waals surface area contributed by atoms with E-state index in [2.05, 4.69) is 0 Å². The van der Waals surface area contributed by atoms with Crippen LogP contribution in [-0.2, 0) is 0 Å². The number of hydrogen-bond acceptors (Lipinski definition) is 0. The Bertz CT molecular complexity index is 121. The van der Waals surface area contributed by atoms with E-state index < -0.39 is 24.6 Å². The zero-order chi connectivity index (χ0) is 8.15. The summed E-state index contributed by atoms with van der Waals surface area (Å²) in [6.45, 7) is -0.362. The molecule has 0 fully saturated rings. The van der Waals surface area contributed by atoms with Crippen molar-refractivity contribution in [3.05, 3.63) is 11.9 Å². The third kappa shape index (κ3) is 2.37. The molecule has 2 atom stereocenters. The maximum Gasteiger partial charge on any atom is 0.163 e. The van der Waals surface area contributed by atoms with Crippen LogP contribution in [0.2, 0.25) is 0 Å². The lowest BCUT2D eigenvalue weighted by atomic mass is 10.1. The first kappa shape index (κ1) is 9.46. The monoisotopic (exact) mass is 156 g/mol. The highest BCUT2D eigenvalue weighted by Gasteiger charge is 2.21. The lowest BCUT2D eigenvalue weighted by Gasteiger charge is -2.08. The molecule has 0 spiro atoms. The van der Waals surface area contributed by atoms with Crippen LogP contribution in [0.15, 0.2) is 11.9 Å². The smallest absolute Gasteiger partial charge is 0.163 e. The van der Waals surface area contributed by atoms with Gasteiger partial charge in [0.1, 0.15) is 6.67 Å². The Morgan fingerprint density at radius 2 is 2.00 bits per heavy atom. The summed E-state index contributed by atoms with van der Waals surface area (Å²) >= 11 is 0. The number of rotatable bonds is 3. The molecule has 0 aliphatic heterocycles. The molecule has 0 saturated carbocycles. The van der Waals surface area contributed by atoms with E-state index in [0.29, 0.717) is 0 Å². The van der Waals surface area contributed by atoms with Crippen LogP contribution in [0, 0.1) is 0 Å². The van der Waals surface area contributed by atoms with Crippen molar-refractivity contribution < 1.29 is 17.6 Å². The third-order valence-electron chi connectivity index (χ3n) is 1.07. The van der Waals surface area contributed by atoms with Gasteiger partial charge in [0, 0.05) is 0 Å². The maximum absolute atomic E-state index is 12.3. The summed E-state index contributed by atoms with van der Waals surface area (Å²) < 4.78 is 47.1. The lowest BCUT2D eigenvalue weighted by Crippen LogP contribution is -2.20. The van der Waals surface area contributed by atoms with Crippen molar-refractivity contribution >= 4 is 0 Å². The van der Waals surface area contributed by atoms with Gasteiger partial charge in [0.2, 0.25) is 0 Å². The number of alkyl halides is 3. The van der Waals surface area contributed by atoms with Gasteiger partial charge in [-0.1, -0.05) is 0 Å². The van der Waals surface area contributed by atoms with E-state index in [1.165, 1.54) is 0 Å². The zero-order valence-corrected chi connectivity index (χ0v) is 5.45. The van der Waals surface area contributed by atoms with E-state index in [1.54, 1.807) is 0 Å². The van der Waals surface area contributed by atoms with E-state index in [0.717, 1.165) is 6.92 Å². The van der Waals surface area contributed by atoms with E-state index in [1.807, 2.05) is 0 Å². The third-order valence-corrected chi connectivity index (χ3v) is 1.07. The van der Waals surface area contributed by atoms with Crippen molar-refractivity contribution in [1.82, 2.24) is 0 Å². The van der Waals surface area contributed by atoms with Crippen molar-refractivity contribution in [2.24, 2.45) is 0 Å². The van der Waals surface area contributed by atoms with Crippen LogP contribution in [-0.4, -0.2) is 19.0 Å². The van der Waals surface area contributed by atoms with Gasteiger partial charge in [0.25, 0.3) is 0 Å². The second-order valence-electron chi connectivity index (χ2n) is 1.93. The van der Waals surface area contributed by atoms with Crippen molar-refractivity contribution in [2.75, 3.05) is 6.67 Å². The molecule has 0 amide bonds. The van der Waals surface area contributed by atoms with Gasteiger partial charge in [0.15, 0.2) is 12.3 Å². The van der Waals surface area contributed by atoms with E-state index in [-0.39, 0.29) is 6.33 Å². The van der Waals surface area contributed by atoms with Gasteiger partial charge in [-0.2, -0.15) is 0 Å². The normalized spacial score (nSPS) is 18.7. The van der Waals surface area contributed by atoms with Crippen molar-refractivity contribution in [3.8, 4) is 0 Å². The minimum Gasteiger partial charge on any atom is -0.248 e. The predicted molar refractivity (Wildman–Crippen MR) is 30.6 cm³/mol. The maximum atomic E-state index is 12.3. The van der Waals surface area contributed by atoms with Gasteiger partial charge in [-0.25, -0.2) is 17.6 Å². The predicted octanol–water partition coefficient (Wildman–Crippen LogP) is 2.51. The highest BCUT2D eigenvalue weighted by molar-refractivity contribution is 5.03. The largest absolute Gasteiger partial charge is 0.248 e. The quantitative estimate of drug-likeness (QED) is 0.550. The molecule has 0 nitrogen and oxygen atoms in total. The molecule has 0 aromatic heterocycles. The summed E-state index contributed by atoms with van der Waals surface area (Å²) in [4.78, 5) is 0. The summed E-state index contributed by atoms with van der Waals surface area (Å²) in [5.41, 5.74) is -0.426. The summed E-state index contributed by atoms with van der Waals surface area (Å²) in [7, 11) is 0. The molecule has 0 aromatic carbocycles. The van der Waals surface area contributed by atoms with Crippen molar-refractivity contribution in [1.29, 1.82) is 0 Å².